The predicted octanol–water partition coefficient (Wildman–Crippen LogP) is 5.59. The second-order valence-corrected chi connectivity index (χ2v) is 13.8. The first-order valence-electron chi connectivity index (χ1n) is 11.1. The number of carbonyl (C=O) groups is 4. The molecule has 1 fully saturated rings. The number of nitrogens with two attached hydrogens (primary N) is 2. The summed E-state index contributed by atoms with van der Waals surface area (Å²) in [7, 11) is 0. The van der Waals surface area contributed by atoms with Crippen LogP contribution in [0.5, 0.6) is 0 Å². The Bertz CT molecular complexity index is 1160. The number of ether oxygens (including phenoxy) is 2. The zero-order valence-corrected chi connectivity index (χ0v) is 29.4. The van der Waals surface area contributed by atoms with E-state index in [2.05, 4.69) is 46.7 Å². The summed E-state index contributed by atoms with van der Waals surface area (Å²) in [6.07, 6.45) is -1.41. The molecular formula is C23H24Br2Cl6N4O8. The number of alkyl halides is 6. The maximum absolute atomic E-state index is 11.7. The summed E-state index contributed by atoms with van der Waals surface area (Å²) in [4.78, 5) is 44.8. The highest BCUT2D eigenvalue weighted by Gasteiger charge is 2.38. The number of halogens is 8. The van der Waals surface area contributed by atoms with Crippen LogP contribution >= 0.6 is 101 Å². The maximum Gasteiger partial charge on any atom is 0.515 e. The van der Waals surface area contributed by atoms with Crippen molar-refractivity contribution in [3.63, 3.8) is 0 Å². The Morgan fingerprint density at radius 2 is 1.35 bits per heavy atom. The van der Waals surface area contributed by atoms with Gasteiger partial charge in [0.25, 0.3) is 5.91 Å². The number of urea groups is 1. The Morgan fingerprint density at radius 3 is 1.63 bits per heavy atom. The summed E-state index contributed by atoms with van der Waals surface area (Å²) >= 11 is 36.8. The summed E-state index contributed by atoms with van der Waals surface area (Å²) in [5, 5.41) is 19.4. The number of anilines is 2. The number of benzene rings is 2. The molecule has 0 aliphatic carbocycles. The van der Waals surface area contributed by atoms with E-state index in [9.17, 15) is 19.2 Å². The minimum Gasteiger partial charge on any atom is -0.399 e. The van der Waals surface area contributed by atoms with Crippen LogP contribution in [0.1, 0.15) is 6.92 Å². The van der Waals surface area contributed by atoms with Gasteiger partial charge in [-0.3, -0.25) is 9.59 Å². The number of rotatable bonds is 4. The summed E-state index contributed by atoms with van der Waals surface area (Å²) in [5.41, 5.74) is 11.7. The number of Topliss-reactive ketones (excluding diaryl/α,β-unsaturated/α-hetero) is 1. The van der Waals surface area contributed by atoms with Crippen molar-refractivity contribution >= 4 is 137 Å². The van der Waals surface area contributed by atoms with Crippen LogP contribution in [0, 0.1) is 0 Å². The number of aliphatic hydroxyl groups excluding tert-OH is 2. The van der Waals surface area contributed by atoms with Gasteiger partial charge >= 0.3 is 20.1 Å². The average Bonchev–Trinajstić information content (AvgIpc) is 3.17. The molecule has 1 heterocycles. The van der Waals surface area contributed by atoms with Crippen molar-refractivity contribution in [2.75, 3.05) is 23.8 Å². The number of aliphatic hydroxyl groups is 2. The fraction of sp³-hybridized carbons (Fsp3) is 0.304. The summed E-state index contributed by atoms with van der Waals surface area (Å²) in [5.74, 6) is -0.614. The first-order valence-corrected chi connectivity index (χ1v) is 15.0. The number of amides is 3. The Kier molecular flexibility index (Phi) is 19.3. The second-order valence-electron chi connectivity index (χ2n) is 7.63. The number of nitrogens with one attached hydrogen (secondary N) is 1. The van der Waals surface area contributed by atoms with Crippen LogP contribution in [0.15, 0.2) is 57.5 Å². The number of nitrogen functional groups attached to an aromatic ring is 1. The number of nitrogens with zero attached hydrogens (tertiary/aromatic N) is 1. The molecule has 12 nitrogen and oxygen atoms in total. The highest BCUT2D eigenvalue weighted by atomic mass is 79.9. The zero-order valence-electron chi connectivity index (χ0n) is 21.7. The minimum atomic E-state index is -2.24. The van der Waals surface area contributed by atoms with Crippen LogP contribution in [-0.4, -0.2) is 67.3 Å². The third kappa shape index (κ3) is 19.0. The van der Waals surface area contributed by atoms with Crippen LogP contribution in [0.25, 0.3) is 0 Å². The molecule has 0 aromatic heterocycles. The molecule has 0 bridgehead atoms. The molecule has 0 spiro atoms. The van der Waals surface area contributed by atoms with E-state index in [0.29, 0.717) is 5.69 Å². The van der Waals surface area contributed by atoms with Gasteiger partial charge in [-0.1, -0.05) is 31.9 Å². The third-order valence-electron chi connectivity index (χ3n) is 4.27. The van der Waals surface area contributed by atoms with Gasteiger partial charge in [0, 0.05) is 14.6 Å². The van der Waals surface area contributed by atoms with Gasteiger partial charge in [0.15, 0.2) is 0 Å². The van der Waals surface area contributed by atoms with Crippen molar-refractivity contribution in [2.24, 2.45) is 5.73 Å². The van der Waals surface area contributed by atoms with E-state index in [1.807, 2.05) is 24.3 Å². The van der Waals surface area contributed by atoms with Crippen LogP contribution in [0.3, 0.4) is 0 Å². The van der Waals surface area contributed by atoms with Gasteiger partial charge in [-0.2, -0.15) is 0 Å². The fourth-order valence-electron chi connectivity index (χ4n) is 2.29. The van der Waals surface area contributed by atoms with Crippen molar-refractivity contribution in [2.45, 2.75) is 27.0 Å². The fourth-order valence-corrected chi connectivity index (χ4v) is 3.20. The molecular weight excluding hydrogens is 833 g/mol. The van der Waals surface area contributed by atoms with Crippen LogP contribution in [0.2, 0.25) is 0 Å². The second kappa shape index (κ2) is 20.0. The van der Waals surface area contributed by atoms with E-state index < -0.39 is 44.7 Å². The van der Waals surface area contributed by atoms with Crippen LogP contribution < -0.4 is 21.7 Å². The smallest absolute Gasteiger partial charge is 0.399 e. The average molecular weight is 857 g/mol. The lowest BCUT2D eigenvalue weighted by Gasteiger charge is -2.15. The molecule has 240 valence electrons. The first-order chi connectivity index (χ1) is 19.7. The molecule has 2 aromatic rings. The van der Waals surface area contributed by atoms with Crippen molar-refractivity contribution in [3.05, 3.63) is 57.5 Å². The molecule has 0 unspecified atom stereocenters. The molecule has 0 saturated carbocycles. The number of hydrogen-bond acceptors (Lipinski definition) is 10. The number of imide groups is 1. The lowest BCUT2D eigenvalue weighted by atomic mass is 10.2. The van der Waals surface area contributed by atoms with Gasteiger partial charge in [-0.25, -0.2) is 14.5 Å². The number of ketones is 1. The van der Waals surface area contributed by atoms with E-state index in [-0.39, 0.29) is 12.4 Å². The van der Waals surface area contributed by atoms with E-state index in [4.69, 9.17) is 91.3 Å². The molecule has 43 heavy (non-hydrogen) atoms. The molecule has 0 radical (unpaired) electrons. The zero-order chi connectivity index (χ0) is 33.5. The first kappa shape index (κ1) is 41.7. The predicted molar refractivity (Wildman–Crippen MR) is 173 cm³/mol. The quantitative estimate of drug-likeness (QED) is 0.112. The van der Waals surface area contributed by atoms with Gasteiger partial charge in [0.1, 0.15) is 11.8 Å². The van der Waals surface area contributed by atoms with Gasteiger partial charge in [0.05, 0.1) is 24.9 Å². The van der Waals surface area contributed by atoms with Crippen LogP contribution in [-0.2, 0) is 19.1 Å². The van der Waals surface area contributed by atoms with Crippen molar-refractivity contribution in [1.29, 1.82) is 0 Å². The van der Waals surface area contributed by atoms with E-state index in [0.717, 1.165) is 19.5 Å². The monoisotopic (exact) mass is 852 g/mol. The largest absolute Gasteiger partial charge is 0.515 e. The minimum absolute atomic E-state index is 0.178. The van der Waals surface area contributed by atoms with Crippen molar-refractivity contribution in [1.82, 2.24) is 5.32 Å². The lowest BCUT2D eigenvalue weighted by molar-refractivity contribution is -0.119. The highest BCUT2D eigenvalue weighted by molar-refractivity contribution is 9.10. The number of hydrogen-bond donors (Lipinski definition) is 5. The molecule has 1 aliphatic heterocycles. The molecule has 2 atom stereocenters. The topological polar surface area (TPSA) is 195 Å². The SMILES string of the molecule is CC(=O)[C@@H](N)CO.Nc1ccc(Br)cc1.O=C(OC(Cl)(Cl)Cl)OC(Cl)(Cl)Cl.O=C1N[C@@H](CO)C(=O)N1c1ccc(Br)cc1. The van der Waals surface area contributed by atoms with Gasteiger partial charge in [0.2, 0.25) is 0 Å². The normalized spacial score (nSPS) is 14.9. The van der Waals surface area contributed by atoms with E-state index in [1.165, 1.54) is 6.92 Å². The third-order valence-corrected chi connectivity index (χ3v) is 5.79. The summed E-state index contributed by atoms with van der Waals surface area (Å²) < 4.78 is 5.43. The number of carbonyl (C=O) groups excluding carboxylic acids is 4. The molecule has 7 N–H and O–H groups in total. The van der Waals surface area contributed by atoms with Gasteiger partial charge < -0.3 is 36.5 Å². The summed E-state index contributed by atoms with van der Waals surface area (Å²) in [6, 6.07) is 12.3. The maximum atomic E-state index is 11.7. The standard InChI is InChI=1S/C10H9BrN2O3.C6H6BrN.C4H9NO2.C3Cl6O3/c11-6-1-3-7(4-2-6)13-9(15)8(5-14)12-10(13)16;7-5-1-3-6(8)4-2-5;1-3(7)4(5)2-6;4-2(5,6)11-1(10)12-3(7,8)9/h1-4,8,14H,5H2,(H,12,16);1-4H,8H2;4,6H,2,5H2,1H3;/t8-;;4-;/m0.0./s1. The molecule has 1 aliphatic rings. The Balaban J connectivity index is 0.000000579. The van der Waals surface area contributed by atoms with Gasteiger partial charge in [-0.05, 0) is 125 Å². The molecule has 3 rings (SSSR count). The van der Waals surface area contributed by atoms with E-state index in [1.54, 1.807) is 24.3 Å². The molecule has 3 amide bonds. The highest BCUT2D eigenvalue weighted by Crippen LogP contribution is 2.32. The molecule has 2 aromatic carbocycles. The van der Waals surface area contributed by atoms with Crippen molar-refractivity contribution < 1.29 is 38.9 Å². The molecule has 20 heteroatoms. The van der Waals surface area contributed by atoms with Crippen LogP contribution in [0.4, 0.5) is 21.0 Å². The summed E-state index contributed by atoms with van der Waals surface area (Å²) in [6.45, 7) is 0.702. The Labute approximate surface area is 293 Å². The Morgan fingerprint density at radius 1 is 0.930 bits per heavy atom. The molecule has 1 saturated heterocycles. The van der Waals surface area contributed by atoms with E-state index >= 15 is 0 Å². The van der Waals surface area contributed by atoms with Crippen molar-refractivity contribution in [3.8, 4) is 0 Å². The Hall–Kier alpha value is -1.30. The lowest BCUT2D eigenvalue weighted by Crippen LogP contribution is -2.33. The van der Waals surface area contributed by atoms with Gasteiger partial charge in [-0.15, -0.1) is 0 Å².